The molecule has 2 N–H and O–H groups in total. The Morgan fingerprint density at radius 3 is 2.83 bits per heavy atom. The minimum Gasteiger partial charge on any atom is -0.360 e. The summed E-state index contributed by atoms with van der Waals surface area (Å²) in [5.41, 5.74) is 5.72. The van der Waals surface area contributed by atoms with Gasteiger partial charge in [-0.3, -0.25) is 0 Å². The van der Waals surface area contributed by atoms with E-state index in [-0.39, 0.29) is 18.2 Å². The van der Waals surface area contributed by atoms with Gasteiger partial charge in [-0.25, -0.2) is 0 Å². The largest absolute Gasteiger partial charge is 0.360 e. The second-order valence-electron chi connectivity index (χ2n) is 3.36. The summed E-state index contributed by atoms with van der Waals surface area (Å²) in [6.45, 7) is 1.96. The number of nitriles is 1. The van der Waals surface area contributed by atoms with Gasteiger partial charge in [0.2, 0.25) is 0 Å². The van der Waals surface area contributed by atoms with Crippen LogP contribution < -0.4 is 5.73 Å². The molecule has 68 valence electrons. The molecule has 0 amide bonds. The zero-order valence-electron chi connectivity index (χ0n) is 7.49. The molecule has 0 heterocycles. The van der Waals surface area contributed by atoms with Crippen molar-refractivity contribution in [3.05, 3.63) is 0 Å². The summed E-state index contributed by atoms with van der Waals surface area (Å²) in [6.07, 6.45) is 3.72. The van der Waals surface area contributed by atoms with Crippen molar-refractivity contribution in [2.75, 3.05) is 0 Å². The van der Waals surface area contributed by atoms with Crippen molar-refractivity contribution in [2.24, 2.45) is 5.73 Å². The molecule has 3 unspecified atom stereocenters. The molecule has 0 bridgehead atoms. The molecule has 0 saturated heterocycles. The fraction of sp³-hybridized carbons (Fsp3) is 0.889. The predicted molar refractivity (Wildman–Crippen MR) is 46.4 cm³/mol. The Hall–Kier alpha value is -0.590. The standard InChI is InChI=1S/C9H16N2O/c1-2-8(6-10)12-9-4-3-7(11)5-9/h7-9H,2-5,11H2,1H3. The summed E-state index contributed by atoms with van der Waals surface area (Å²) in [5.74, 6) is 0. The number of rotatable bonds is 3. The highest BCUT2D eigenvalue weighted by atomic mass is 16.5. The maximum absolute atomic E-state index is 8.65. The van der Waals surface area contributed by atoms with Crippen LogP contribution in [0.2, 0.25) is 0 Å². The van der Waals surface area contributed by atoms with E-state index >= 15 is 0 Å². The van der Waals surface area contributed by atoms with Gasteiger partial charge in [-0.05, 0) is 25.7 Å². The first-order valence-corrected chi connectivity index (χ1v) is 4.57. The Kier molecular flexibility index (Phi) is 3.51. The van der Waals surface area contributed by atoms with E-state index in [0.29, 0.717) is 0 Å². The minimum absolute atomic E-state index is 0.226. The van der Waals surface area contributed by atoms with Crippen LogP contribution in [0.1, 0.15) is 32.6 Å². The molecule has 0 aromatic rings. The topological polar surface area (TPSA) is 59.0 Å². The van der Waals surface area contributed by atoms with Crippen LogP contribution in [0.4, 0.5) is 0 Å². The van der Waals surface area contributed by atoms with Crippen LogP contribution in [-0.4, -0.2) is 18.2 Å². The molecule has 3 nitrogen and oxygen atoms in total. The van der Waals surface area contributed by atoms with E-state index in [9.17, 15) is 0 Å². The van der Waals surface area contributed by atoms with Gasteiger partial charge in [-0.1, -0.05) is 6.92 Å². The maximum Gasteiger partial charge on any atom is 0.144 e. The third-order valence-corrected chi connectivity index (χ3v) is 2.30. The van der Waals surface area contributed by atoms with Crippen molar-refractivity contribution in [3.63, 3.8) is 0 Å². The van der Waals surface area contributed by atoms with Crippen molar-refractivity contribution < 1.29 is 4.74 Å². The van der Waals surface area contributed by atoms with E-state index in [4.69, 9.17) is 15.7 Å². The lowest BCUT2D eigenvalue weighted by atomic mass is 10.2. The van der Waals surface area contributed by atoms with Gasteiger partial charge < -0.3 is 10.5 Å². The van der Waals surface area contributed by atoms with Gasteiger partial charge in [-0.15, -0.1) is 0 Å². The molecule has 0 aromatic heterocycles. The molecular formula is C9H16N2O. The third-order valence-electron chi connectivity index (χ3n) is 2.30. The van der Waals surface area contributed by atoms with Crippen molar-refractivity contribution >= 4 is 0 Å². The van der Waals surface area contributed by atoms with E-state index in [2.05, 4.69) is 6.07 Å². The molecule has 12 heavy (non-hydrogen) atoms. The number of hydrogen-bond acceptors (Lipinski definition) is 3. The van der Waals surface area contributed by atoms with Gasteiger partial charge in [0, 0.05) is 6.04 Å². The van der Waals surface area contributed by atoms with E-state index in [1.807, 2.05) is 6.92 Å². The van der Waals surface area contributed by atoms with Crippen LogP contribution in [0, 0.1) is 11.3 Å². The summed E-state index contributed by atoms with van der Waals surface area (Å²) in [5, 5.41) is 8.65. The van der Waals surface area contributed by atoms with Gasteiger partial charge >= 0.3 is 0 Å². The summed E-state index contributed by atoms with van der Waals surface area (Å²) in [6, 6.07) is 2.41. The molecule has 3 heteroatoms. The molecule has 0 aromatic carbocycles. The fourth-order valence-corrected chi connectivity index (χ4v) is 1.55. The van der Waals surface area contributed by atoms with Crippen LogP contribution in [0.25, 0.3) is 0 Å². The second-order valence-corrected chi connectivity index (χ2v) is 3.36. The van der Waals surface area contributed by atoms with Crippen molar-refractivity contribution in [1.29, 1.82) is 5.26 Å². The first-order chi connectivity index (χ1) is 5.76. The first-order valence-electron chi connectivity index (χ1n) is 4.57. The van der Waals surface area contributed by atoms with Crippen LogP contribution in [-0.2, 0) is 4.74 Å². The quantitative estimate of drug-likeness (QED) is 0.688. The summed E-state index contributed by atoms with van der Waals surface area (Å²) in [7, 11) is 0. The summed E-state index contributed by atoms with van der Waals surface area (Å²) in [4.78, 5) is 0. The van der Waals surface area contributed by atoms with E-state index < -0.39 is 0 Å². The monoisotopic (exact) mass is 168 g/mol. The van der Waals surface area contributed by atoms with Crippen molar-refractivity contribution in [3.8, 4) is 6.07 Å². The number of nitrogens with two attached hydrogens (primary N) is 1. The SMILES string of the molecule is CCC(C#N)OC1CCC(N)C1. The van der Waals surface area contributed by atoms with Gasteiger partial charge in [0.05, 0.1) is 12.2 Å². The molecule has 1 rings (SSSR count). The number of ether oxygens (including phenoxy) is 1. The lowest BCUT2D eigenvalue weighted by Crippen LogP contribution is -2.21. The highest BCUT2D eigenvalue weighted by Crippen LogP contribution is 2.21. The van der Waals surface area contributed by atoms with Crippen LogP contribution in [0.3, 0.4) is 0 Å². The molecule has 3 atom stereocenters. The average molecular weight is 168 g/mol. The zero-order chi connectivity index (χ0) is 8.97. The fourth-order valence-electron chi connectivity index (χ4n) is 1.55. The molecule has 1 fully saturated rings. The van der Waals surface area contributed by atoms with Crippen LogP contribution in [0.5, 0.6) is 0 Å². The van der Waals surface area contributed by atoms with E-state index in [1.165, 1.54) is 0 Å². The summed E-state index contributed by atoms with van der Waals surface area (Å²) < 4.78 is 5.54. The van der Waals surface area contributed by atoms with Crippen molar-refractivity contribution in [2.45, 2.75) is 50.9 Å². The maximum atomic E-state index is 8.65. The minimum atomic E-state index is -0.236. The average Bonchev–Trinajstić information content (AvgIpc) is 2.47. The Balaban J connectivity index is 2.27. The molecule has 1 aliphatic rings. The number of nitrogens with zero attached hydrogens (tertiary/aromatic N) is 1. The molecule has 1 aliphatic carbocycles. The Morgan fingerprint density at radius 2 is 2.42 bits per heavy atom. The van der Waals surface area contributed by atoms with E-state index in [1.54, 1.807) is 0 Å². The second kappa shape index (κ2) is 4.44. The smallest absolute Gasteiger partial charge is 0.144 e. The normalized spacial score (nSPS) is 31.4. The van der Waals surface area contributed by atoms with Gasteiger partial charge in [0.25, 0.3) is 0 Å². The highest BCUT2D eigenvalue weighted by molar-refractivity contribution is 4.86. The Labute approximate surface area is 73.5 Å². The number of hydrogen-bond donors (Lipinski definition) is 1. The van der Waals surface area contributed by atoms with Crippen LogP contribution in [0.15, 0.2) is 0 Å². The molecule has 1 saturated carbocycles. The summed E-state index contributed by atoms with van der Waals surface area (Å²) >= 11 is 0. The van der Waals surface area contributed by atoms with Gasteiger partial charge in [0.1, 0.15) is 6.10 Å². The molecule has 0 aliphatic heterocycles. The highest BCUT2D eigenvalue weighted by Gasteiger charge is 2.24. The lowest BCUT2D eigenvalue weighted by molar-refractivity contribution is 0.0196. The lowest BCUT2D eigenvalue weighted by Gasteiger charge is -2.14. The Bertz CT molecular complexity index is 176. The first kappa shape index (κ1) is 9.50. The zero-order valence-corrected chi connectivity index (χ0v) is 7.49. The van der Waals surface area contributed by atoms with Crippen LogP contribution >= 0.6 is 0 Å². The van der Waals surface area contributed by atoms with E-state index in [0.717, 1.165) is 25.7 Å². The molecular weight excluding hydrogens is 152 g/mol. The molecule has 0 radical (unpaired) electrons. The molecule has 0 spiro atoms. The third kappa shape index (κ3) is 2.47. The van der Waals surface area contributed by atoms with Crippen molar-refractivity contribution in [1.82, 2.24) is 0 Å². The van der Waals surface area contributed by atoms with Gasteiger partial charge in [-0.2, -0.15) is 5.26 Å². The van der Waals surface area contributed by atoms with Gasteiger partial charge in [0.15, 0.2) is 0 Å². The Morgan fingerprint density at radius 1 is 1.67 bits per heavy atom. The predicted octanol–water partition coefficient (Wildman–Crippen LogP) is 1.18.